The SMILES string of the molecule is CN1CCS/C1=N\NC(=O)C(=O)[C@@H](NC(=O)C1CCCCC1)C1CCCCC1. The van der Waals surface area contributed by atoms with E-state index in [0.717, 1.165) is 70.1 Å². The fraction of sp³-hybridized carbons (Fsp3) is 0.800. The second-order valence-electron chi connectivity index (χ2n) is 8.19. The summed E-state index contributed by atoms with van der Waals surface area (Å²) in [6, 6.07) is -0.733. The van der Waals surface area contributed by atoms with Crippen LogP contribution in [0.15, 0.2) is 5.10 Å². The van der Waals surface area contributed by atoms with Crippen LogP contribution in [0.25, 0.3) is 0 Å². The summed E-state index contributed by atoms with van der Waals surface area (Å²) in [5, 5.41) is 7.76. The van der Waals surface area contributed by atoms with Crippen LogP contribution >= 0.6 is 11.8 Å². The Balaban J connectivity index is 1.65. The zero-order valence-electron chi connectivity index (χ0n) is 16.7. The Morgan fingerprint density at radius 2 is 1.68 bits per heavy atom. The molecule has 2 N–H and O–H groups in total. The van der Waals surface area contributed by atoms with Gasteiger partial charge in [0.25, 0.3) is 0 Å². The van der Waals surface area contributed by atoms with E-state index < -0.39 is 17.7 Å². The molecule has 1 atom stereocenters. The number of hydrogen-bond acceptors (Lipinski definition) is 5. The third kappa shape index (κ3) is 5.49. The van der Waals surface area contributed by atoms with Gasteiger partial charge in [0, 0.05) is 25.3 Å². The van der Waals surface area contributed by atoms with Gasteiger partial charge >= 0.3 is 5.91 Å². The summed E-state index contributed by atoms with van der Waals surface area (Å²) in [6.45, 7) is 0.870. The second-order valence-corrected chi connectivity index (χ2v) is 9.25. The number of hydrogen-bond donors (Lipinski definition) is 2. The molecule has 1 aliphatic heterocycles. The first kappa shape index (κ1) is 21.1. The highest BCUT2D eigenvalue weighted by Crippen LogP contribution is 2.29. The number of thioether (sulfide) groups is 1. The van der Waals surface area contributed by atoms with Gasteiger partial charge in [0.05, 0.1) is 0 Å². The van der Waals surface area contributed by atoms with E-state index >= 15 is 0 Å². The smallest absolute Gasteiger partial charge is 0.309 e. The Bertz CT molecular complexity index is 613. The summed E-state index contributed by atoms with van der Waals surface area (Å²) in [7, 11) is 1.90. The molecule has 28 heavy (non-hydrogen) atoms. The predicted molar refractivity (Wildman–Crippen MR) is 111 cm³/mol. The number of nitrogens with one attached hydrogen (secondary N) is 2. The van der Waals surface area contributed by atoms with E-state index in [2.05, 4.69) is 15.8 Å². The van der Waals surface area contributed by atoms with Gasteiger partial charge in [0.15, 0.2) is 5.17 Å². The Hall–Kier alpha value is -1.57. The van der Waals surface area contributed by atoms with Gasteiger partial charge in [0.2, 0.25) is 11.7 Å². The maximum atomic E-state index is 12.9. The molecule has 2 saturated carbocycles. The number of amidine groups is 1. The minimum atomic E-state index is -0.733. The topological polar surface area (TPSA) is 90.9 Å². The van der Waals surface area contributed by atoms with Crippen LogP contribution in [-0.4, -0.2) is 53.1 Å². The number of rotatable bonds is 6. The van der Waals surface area contributed by atoms with Crippen LogP contribution < -0.4 is 10.7 Å². The lowest BCUT2D eigenvalue weighted by Gasteiger charge is -2.31. The molecule has 0 aromatic heterocycles. The molecule has 0 spiro atoms. The zero-order valence-corrected chi connectivity index (χ0v) is 17.6. The van der Waals surface area contributed by atoms with Crippen molar-refractivity contribution in [1.82, 2.24) is 15.6 Å². The highest BCUT2D eigenvalue weighted by atomic mass is 32.2. The Labute approximate surface area is 171 Å². The molecule has 8 heteroatoms. The molecule has 1 saturated heterocycles. The van der Waals surface area contributed by atoms with Crippen LogP contribution in [-0.2, 0) is 14.4 Å². The van der Waals surface area contributed by atoms with Crippen molar-refractivity contribution >= 4 is 34.5 Å². The summed E-state index contributed by atoms with van der Waals surface area (Å²) in [6.07, 6.45) is 10.0. The average Bonchev–Trinajstić information content (AvgIpc) is 3.15. The van der Waals surface area contributed by atoms with E-state index in [1.807, 2.05) is 11.9 Å². The first-order valence-corrected chi connectivity index (χ1v) is 11.6. The Morgan fingerprint density at radius 1 is 1.04 bits per heavy atom. The van der Waals surface area contributed by atoms with E-state index in [1.165, 1.54) is 6.42 Å². The van der Waals surface area contributed by atoms with E-state index in [4.69, 9.17) is 0 Å². The fourth-order valence-corrected chi connectivity index (χ4v) is 5.36. The quantitative estimate of drug-likeness (QED) is 0.520. The van der Waals surface area contributed by atoms with Crippen molar-refractivity contribution in [2.75, 3.05) is 19.3 Å². The largest absolute Gasteiger partial charge is 0.352 e. The van der Waals surface area contributed by atoms with Crippen LogP contribution in [0.5, 0.6) is 0 Å². The molecule has 0 bridgehead atoms. The van der Waals surface area contributed by atoms with Gasteiger partial charge in [-0.1, -0.05) is 50.3 Å². The Morgan fingerprint density at radius 3 is 2.29 bits per heavy atom. The fourth-order valence-electron chi connectivity index (χ4n) is 4.39. The molecule has 0 unspecified atom stereocenters. The molecule has 0 aromatic carbocycles. The average molecular weight is 409 g/mol. The van der Waals surface area contributed by atoms with Crippen molar-refractivity contribution in [3.63, 3.8) is 0 Å². The minimum absolute atomic E-state index is 0.0283. The van der Waals surface area contributed by atoms with Gasteiger partial charge < -0.3 is 10.2 Å². The maximum absolute atomic E-state index is 12.9. The molecule has 3 aliphatic rings. The zero-order chi connectivity index (χ0) is 19.9. The molecule has 0 aromatic rings. The first-order valence-electron chi connectivity index (χ1n) is 10.6. The van der Waals surface area contributed by atoms with Crippen molar-refractivity contribution in [1.29, 1.82) is 0 Å². The van der Waals surface area contributed by atoms with Gasteiger partial charge in [-0.25, -0.2) is 5.43 Å². The van der Waals surface area contributed by atoms with Crippen LogP contribution in [0, 0.1) is 11.8 Å². The van der Waals surface area contributed by atoms with Crippen molar-refractivity contribution < 1.29 is 14.4 Å². The molecule has 2 amide bonds. The van der Waals surface area contributed by atoms with Gasteiger partial charge in [-0.15, -0.1) is 5.10 Å². The van der Waals surface area contributed by atoms with E-state index in [0.29, 0.717) is 5.17 Å². The first-order chi connectivity index (χ1) is 13.6. The molecule has 2 aliphatic carbocycles. The third-order valence-corrected chi connectivity index (χ3v) is 7.19. The van der Waals surface area contributed by atoms with Gasteiger partial charge in [-0.05, 0) is 31.6 Å². The number of hydrazone groups is 1. The lowest BCUT2D eigenvalue weighted by atomic mass is 9.81. The summed E-state index contributed by atoms with van der Waals surface area (Å²) >= 11 is 1.55. The van der Waals surface area contributed by atoms with Crippen LogP contribution in [0.4, 0.5) is 0 Å². The van der Waals surface area contributed by atoms with Crippen LogP contribution in [0.3, 0.4) is 0 Å². The molecule has 156 valence electrons. The second kappa shape index (κ2) is 10.3. The highest BCUT2D eigenvalue weighted by Gasteiger charge is 2.36. The van der Waals surface area contributed by atoms with Crippen molar-refractivity contribution in [3.05, 3.63) is 0 Å². The number of amides is 2. The van der Waals surface area contributed by atoms with E-state index in [-0.39, 0.29) is 17.7 Å². The van der Waals surface area contributed by atoms with Crippen molar-refractivity contribution in [2.45, 2.75) is 70.3 Å². The summed E-state index contributed by atoms with van der Waals surface area (Å²) in [4.78, 5) is 40.1. The Kier molecular flexibility index (Phi) is 7.76. The predicted octanol–water partition coefficient (Wildman–Crippen LogP) is 2.27. The molecule has 3 fully saturated rings. The maximum Gasteiger partial charge on any atom is 0.309 e. The molecule has 7 nitrogen and oxygen atoms in total. The number of nitrogens with zero attached hydrogens (tertiary/aromatic N) is 2. The number of Topliss-reactive ketones (excluding diaryl/α,β-unsaturated/α-hetero) is 1. The standard InChI is InChI=1S/C20H32N4O3S/c1-24-12-13-28-20(24)23-22-19(27)17(25)16(14-8-4-2-5-9-14)21-18(26)15-10-6-3-7-11-15/h14-16H,2-13H2,1H3,(H,21,26)(H,22,27)/b23-20-/t16-/m0/s1. The number of ketones is 1. The molecule has 1 heterocycles. The number of carbonyl (C=O) groups is 3. The molecule has 0 radical (unpaired) electrons. The van der Waals surface area contributed by atoms with Crippen molar-refractivity contribution in [3.8, 4) is 0 Å². The molecule has 3 rings (SSSR count). The van der Waals surface area contributed by atoms with Crippen molar-refractivity contribution in [2.24, 2.45) is 16.9 Å². The number of carbonyl (C=O) groups excluding carboxylic acids is 3. The van der Waals surface area contributed by atoms with Gasteiger partial charge in [0.1, 0.15) is 6.04 Å². The minimum Gasteiger partial charge on any atom is -0.352 e. The highest BCUT2D eigenvalue weighted by molar-refractivity contribution is 8.14. The van der Waals surface area contributed by atoms with E-state index in [9.17, 15) is 14.4 Å². The normalized spacial score (nSPS) is 24.2. The monoisotopic (exact) mass is 408 g/mol. The molecular formula is C20H32N4O3S. The summed E-state index contributed by atoms with van der Waals surface area (Å²) < 4.78 is 0. The van der Waals surface area contributed by atoms with Crippen LogP contribution in [0.1, 0.15) is 64.2 Å². The van der Waals surface area contributed by atoms with E-state index in [1.54, 1.807) is 11.8 Å². The third-order valence-electron chi connectivity index (χ3n) is 6.14. The lowest BCUT2D eigenvalue weighted by Crippen LogP contribution is -2.52. The van der Waals surface area contributed by atoms with Gasteiger partial charge in [-0.2, -0.15) is 0 Å². The summed E-state index contributed by atoms with van der Waals surface area (Å²) in [5.41, 5.74) is 2.41. The lowest BCUT2D eigenvalue weighted by molar-refractivity contribution is -0.141. The summed E-state index contributed by atoms with van der Waals surface area (Å²) in [5.74, 6) is -0.426. The van der Waals surface area contributed by atoms with Gasteiger partial charge in [-0.3, -0.25) is 14.4 Å². The van der Waals surface area contributed by atoms with Crippen LogP contribution in [0.2, 0.25) is 0 Å². The molecular weight excluding hydrogens is 376 g/mol.